The highest BCUT2D eigenvalue weighted by Crippen LogP contribution is 2.09. The Balaban J connectivity index is 2.04. The number of hydrogen-bond donors (Lipinski definition) is 1. The summed E-state index contributed by atoms with van der Waals surface area (Å²) in [6.45, 7) is 4.33. The second kappa shape index (κ2) is 6.56. The molecule has 2 heterocycles. The van der Waals surface area contributed by atoms with Gasteiger partial charge in [-0.3, -0.25) is 14.5 Å². The molecule has 2 aliphatic rings. The second-order valence-electron chi connectivity index (χ2n) is 5.07. The molecule has 2 bridgehead atoms. The monoisotopic (exact) mass is 284 g/mol. The summed E-state index contributed by atoms with van der Waals surface area (Å²) >= 11 is 0. The fraction of sp³-hybridized carbons (Fsp3) is 0.750. The minimum absolute atomic E-state index is 0.0203. The van der Waals surface area contributed by atoms with Crippen LogP contribution < -0.4 is 0 Å². The molecule has 112 valence electrons. The molecule has 0 saturated carbocycles. The van der Waals surface area contributed by atoms with Crippen LogP contribution in [0.25, 0.3) is 0 Å². The molecule has 0 aromatic rings. The van der Waals surface area contributed by atoms with Crippen LogP contribution >= 0.6 is 0 Å². The first-order chi connectivity index (χ1) is 9.60. The first-order valence-electron chi connectivity index (χ1n) is 6.77. The first kappa shape index (κ1) is 14.6. The average Bonchev–Trinajstić information content (AvgIpc) is 2.74. The topological polar surface area (TPSA) is 84.4 Å². The molecule has 3 amide bonds. The maximum Gasteiger partial charge on any atom is 0.320 e. The summed E-state index contributed by atoms with van der Waals surface area (Å²) in [7, 11) is 0. The van der Waals surface area contributed by atoms with Crippen molar-refractivity contribution in [2.24, 2.45) is 0 Å². The molecule has 0 radical (unpaired) electrons. The number of fused-ring (bicyclic) bond motifs is 2. The van der Waals surface area contributed by atoms with Gasteiger partial charge in [0.25, 0.3) is 0 Å². The highest BCUT2D eigenvalue weighted by Gasteiger charge is 2.29. The van der Waals surface area contributed by atoms with E-state index in [0.717, 1.165) is 6.41 Å². The Hall–Kier alpha value is -1.83. The Morgan fingerprint density at radius 1 is 1.00 bits per heavy atom. The Kier molecular flexibility index (Phi) is 4.78. The van der Waals surface area contributed by atoms with E-state index in [4.69, 9.17) is 5.11 Å². The van der Waals surface area contributed by atoms with Crippen LogP contribution in [0, 0.1) is 0 Å². The summed E-state index contributed by atoms with van der Waals surface area (Å²) in [6.07, 6.45) is 0.759. The minimum atomic E-state index is -0.896. The summed E-state index contributed by atoms with van der Waals surface area (Å²) in [5.41, 5.74) is 0. The molecule has 0 aliphatic carbocycles. The predicted molar refractivity (Wildman–Crippen MR) is 70.3 cm³/mol. The maximum absolute atomic E-state index is 12.1. The van der Waals surface area contributed by atoms with Crippen molar-refractivity contribution in [3.63, 3.8) is 0 Å². The van der Waals surface area contributed by atoms with Gasteiger partial charge in [-0.1, -0.05) is 0 Å². The number of amides is 3. The Morgan fingerprint density at radius 2 is 1.50 bits per heavy atom. The molecule has 20 heavy (non-hydrogen) atoms. The van der Waals surface area contributed by atoms with E-state index in [9.17, 15) is 14.4 Å². The standard InChI is InChI=1S/C12H20N4O4/c17-10-14-2-1-13(9-11(18)19)3-5-15-7-8-16(6-4-14)12(15)20/h10H,1-9H2,(H,18,19). The summed E-state index contributed by atoms with van der Waals surface area (Å²) in [5, 5.41) is 8.90. The lowest BCUT2D eigenvalue weighted by Gasteiger charge is -2.25. The van der Waals surface area contributed by atoms with Gasteiger partial charge in [-0.25, -0.2) is 4.79 Å². The molecule has 2 fully saturated rings. The van der Waals surface area contributed by atoms with Crippen LogP contribution in [0.1, 0.15) is 0 Å². The minimum Gasteiger partial charge on any atom is -0.480 e. The number of rotatable bonds is 3. The van der Waals surface area contributed by atoms with Gasteiger partial charge in [-0.05, 0) is 0 Å². The smallest absolute Gasteiger partial charge is 0.320 e. The molecule has 0 aromatic heterocycles. The van der Waals surface area contributed by atoms with Crippen LogP contribution in [0.15, 0.2) is 0 Å². The molecule has 2 saturated heterocycles. The van der Waals surface area contributed by atoms with Gasteiger partial charge in [0, 0.05) is 52.4 Å². The number of carbonyl (C=O) groups excluding carboxylic acids is 2. The number of urea groups is 1. The summed E-state index contributed by atoms with van der Waals surface area (Å²) in [6, 6.07) is -0.0203. The lowest BCUT2D eigenvalue weighted by molar-refractivity contribution is -0.138. The van der Waals surface area contributed by atoms with Crippen LogP contribution in [-0.4, -0.2) is 102 Å². The van der Waals surface area contributed by atoms with Crippen molar-refractivity contribution in [1.82, 2.24) is 19.6 Å². The van der Waals surface area contributed by atoms with E-state index in [0.29, 0.717) is 52.4 Å². The fourth-order valence-electron chi connectivity index (χ4n) is 2.51. The quantitative estimate of drug-likeness (QED) is 0.643. The van der Waals surface area contributed by atoms with Crippen molar-refractivity contribution in [3.8, 4) is 0 Å². The van der Waals surface area contributed by atoms with Crippen molar-refractivity contribution in [1.29, 1.82) is 0 Å². The van der Waals surface area contributed by atoms with Gasteiger partial charge in [0.15, 0.2) is 0 Å². The fourth-order valence-corrected chi connectivity index (χ4v) is 2.51. The molecule has 0 spiro atoms. The molecule has 2 rings (SSSR count). The number of aliphatic carboxylic acids is 1. The van der Waals surface area contributed by atoms with E-state index in [2.05, 4.69) is 0 Å². The molecule has 0 atom stereocenters. The number of carboxylic acids is 1. The highest BCUT2D eigenvalue weighted by molar-refractivity contribution is 5.76. The summed E-state index contributed by atoms with van der Waals surface area (Å²) < 4.78 is 0. The Bertz CT molecular complexity index is 390. The zero-order chi connectivity index (χ0) is 14.5. The third-order valence-corrected chi connectivity index (χ3v) is 3.74. The maximum atomic E-state index is 12.1. The zero-order valence-electron chi connectivity index (χ0n) is 11.4. The van der Waals surface area contributed by atoms with Gasteiger partial charge in [0.05, 0.1) is 6.54 Å². The van der Waals surface area contributed by atoms with E-state index in [1.54, 1.807) is 19.6 Å². The number of hydrogen-bond acceptors (Lipinski definition) is 4. The molecule has 1 N–H and O–H groups in total. The molecular weight excluding hydrogens is 264 g/mol. The van der Waals surface area contributed by atoms with E-state index in [-0.39, 0.29) is 12.6 Å². The number of nitrogens with zero attached hydrogens (tertiary/aromatic N) is 4. The lowest BCUT2D eigenvalue weighted by Crippen LogP contribution is -2.41. The van der Waals surface area contributed by atoms with Crippen LogP contribution in [-0.2, 0) is 9.59 Å². The van der Waals surface area contributed by atoms with Crippen LogP contribution in [0.2, 0.25) is 0 Å². The largest absolute Gasteiger partial charge is 0.480 e. The van der Waals surface area contributed by atoms with Crippen molar-refractivity contribution in [3.05, 3.63) is 0 Å². The van der Waals surface area contributed by atoms with Crippen molar-refractivity contribution in [2.45, 2.75) is 0 Å². The Morgan fingerprint density at radius 3 is 2.10 bits per heavy atom. The molecule has 2 aliphatic heterocycles. The van der Waals surface area contributed by atoms with Gasteiger partial charge in [0.2, 0.25) is 6.41 Å². The molecule has 8 nitrogen and oxygen atoms in total. The second-order valence-corrected chi connectivity index (χ2v) is 5.07. The Labute approximate surface area is 117 Å². The molecule has 0 aromatic carbocycles. The van der Waals surface area contributed by atoms with Crippen LogP contribution in [0.3, 0.4) is 0 Å². The van der Waals surface area contributed by atoms with Gasteiger partial charge >= 0.3 is 12.0 Å². The molecule has 8 heteroatoms. The number of carboxylic acid groups (broad SMARTS) is 1. The van der Waals surface area contributed by atoms with E-state index >= 15 is 0 Å². The van der Waals surface area contributed by atoms with Crippen LogP contribution in [0.5, 0.6) is 0 Å². The third kappa shape index (κ3) is 3.60. The van der Waals surface area contributed by atoms with Crippen molar-refractivity contribution in [2.75, 3.05) is 58.9 Å². The van der Waals surface area contributed by atoms with Crippen LogP contribution in [0.4, 0.5) is 4.79 Å². The van der Waals surface area contributed by atoms with Crippen molar-refractivity contribution >= 4 is 18.4 Å². The summed E-state index contributed by atoms with van der Waals surface area (Å²) in [4.78, 5) is 40.8. The van der Waals surface area contributed by atoms with Gasteiger partial charge in [0.1, 0.15) is 0 Å². The predicted octanol–water partition coefficient (Wildman–Crippen LogP) is -1.42. The molecule has 0 unspecified atom stereocenters. The summed E-state index contributed by atoms with van der Waals surface area (Å²) in [5.74, 6) is -0.896. The normalized spacial score (nSPS) is 21.8. The van der Waals surface area contributed by atoms with Gasteiger partial charge in [-0.15, -0.1) is 0 Å². The van der Waals surface area contributed by atoms with E-state index in [1.165, 1.54) is 0 Å². The van der Waals surface area contributed by atoms with E-state index < -0.39 is 5.97 Å². The van der Waals surface area contributed by atoms with Gasteiger partial charge in [-0.2, -0.15) is 0 Å². The first-order valence-corrected chi connectivity index (χ1v) is 6.77. The van der Waals surface area contributed by atoms with Gasteiger partial charge < -0.3 is 19.8 Å². The number of carbonyl (C=O) groups is 3. The van der Waals surface area contributed by atoms with Crippen molar-refractivity contribution < 1.29 is 19.5 Å². The average molecular weight is 284 g/mol. The molecular formula is C12H20N4O4. The highest BCUT2D eigenvalue weighted by atomic mass is 16.4. The van der Waals surface area contributed by atoms with E-state index in [1.807, 2.05) is 0 Å². The lowest BCUT2D eigenvalue weighted by atomic mass is 10.4. The zero-order valence-corrected chi connectivity index (χ0v) is 11.4. The third-order valence-electron chi connectivity index (χ3n) is 3.74. The SMILES string of the molecule is O=CN1CCN(CC(=O)O)CCN2CCN(CC1)C2=O.